The number of fused-ring (bicyclic) bond motifs is 2. The van der Waals surface area contributed by atoms with E-state index in [0.717, 1.165) is 42.6 Å². The van der Waals surface area contributed by atoms with Crippen LogP contribution in [0, 0.1) is 12.7 Å². The molecule has 2 aromatic heterocycles. The topological polar surface area (TPSA) is 73.0 Å². The first-order valence-corrected chi connectivity index (χ1v) is 9.64. The Kier molecular flexibility index (Phi) is 4.16. The Labute approximate surface area is 166 Å². The van der Waals surface area contributed by atoms with Gasteiger partial charge in [0.05, 0.1) is 5.69 Å². The normalized spacial score (nSPS) is 13.4. The van der Waals surface area contributed by atoms with Gasteiger partial charge in [0, 0.05) is 23.9 Å². The van der Waals surface area contributed by atoms with E-state index in [9.17, 15) is 9.18 Å². The van der Waals surface area contributed by atoms with Crippen LogP contribution in [0.15, 0.2) is 46.9 Å². The number of carbonyl (C=O) groups is 1. The Balaban J connectivity index is 1.50. The van der Waals surface area contributed by atoms with Crippen LogP contribution in [0.25, 0.3) is 16.8 Å². The highest BCUT2D eigenvalue weighted by Crippen LogP contribution is 2.28. The van der Waals surface area contributed by atoms with Crippen molar-refractivity contribution in [2.45, 2.75) is 32.6 Å². The Hall–Kier alpha value is -3.48. The summed E-state index contributed by atoms with van der Waals surface area (Å²) in [4.78, 5) is 17.3. The molecule has 7 heteroatoms. The first kappa shape index (κ1) is 17.6. The monoisotopic (exact) mass is 390 g/mol. The van der Waals surface area contributed by atoms with Crippen molar-refractivity contribution < 1.29 is 13.6 Å². The molecule has 1 N–H and O–H groups in total. The minimum absolute atomic E-state index is 0.261. The van der Waals surface area contributed by atoms with Gasteiger partial charge in [-0.05, 0) is 68.1 Å². The van der Waals surface area contributed by atoms with Crippen LogP contribution in [0.3, 0.4) is 0 Å². The molecular formula is C22H19FN4O2. The van der Waals surface area contributed by atoms with Crippen LogP contribution in [0.1, 0.15) is 40.5 Å². The fourth-order valence-corrected chi connectivity index (χ4v) is 3.89. The second-order valence-corrected chi connectivity index (χ2v) is 7.24. The molecule has 0 aliphatic heterocycles. The van der Waals surface area contributed by atoms with Crippen molar-refractivity contribution in [3.8, 4) is 5.69 Å². The van der Waals surface area contributed by atoms with Crippen molar-refractivity contribution in [3.63, 3.8) is 0 Å². The molecule has 0 atom stereocenters. The van der Waals surface area contributed by atoms with Gasteiger partial charge in [-0.1, -0.05) is 0 Å². The lowest BCUT2D eigenvalue weighted by molar-refractivity contribution is 0.102. The first-order valence-electron chi connectivity index (χ1n) is 9.64. The van der Waals surface area contributed by atoms with Crippen molar-refractivity contribution in [1.29, 1.82) is 0 Å². The molecule has 0 saturated carbocycles. The van der Waals surface area contributed by atoms with E-state index in [2.05, 4.69) is 15.4 Å². The van der Waals surface area contributed by atoms with Gasteiger partial charge < -0.3 is 9.73 Å². The third-order valence-electron chi connectivity index (χ3n) is 5.22. The maximum absolute atomic E-state index is 13.3. The third kappa shape index (κ3) is 3.18. The number of halogens is 1. The first-order chi connectivity index (χ1) is 14.1. The van der Waals surface area contributed by atoms with E-state index in [4.69, 9.17) is 4.42 Å². The summed E-state index contributed by atoms with van der Waals surface area (Å²) in [5.74, 6) is 0.0189. The number of rotatable bonds is 3. The van der Waals surface area contributed by atoms with Crippen LogP contribution >= 0.6 is 0 Å². The van der Waals surface area contributed by atoms with Crippen molar-refractivity contribution in [2.75, 3.05) is 5.32 Å². The van der Waals surface area contributed by atoms with Crippen LogP contribution in [0.5, 0.6) is 0 Å². The fourth-order valence-electron chi connectivity index (χ4n) is 3.89. The van der Waals surface area contributed by atoms with E-state index >= 15 is 0 Å². The SMILES string of the molecule is Cc1nc2cc(NC(=O)c3nn(-c4ccc(F)cc4)c4c3CCCC4)ccc2o1. The summed E-state index contributed by atoms with van der Waals surface area (Å²) in [6.07, 6.45) is 3.72. The lowest BCUT2D eigenvalue weighted by Gasteiger charge is -2.14. The highest BCUT2D eigenvalue weighted by atomic mass is 19.1. The number of carbonyl (C=O) groups excluding carboxylic acids is 1. The molecule has 0 unspecified atom stereocenters. The van der Waals surface area contributed by atoms with Gasteiger partial charge in [-0.25, -0.2) is 14.1 Å². The molecule has 5 rings (SSSR count). The Morgan fingerprint density at radius 1 is 1.14 bits per heavy atom. The van der Waals surface area contributed by atoms with Crippen LogP contribution in [-0.4, -0.2) is 20.7 Å². The van der Waals surface area contributed by atoms with Gasteiger partial charge in [0.15, 0.2) is 17.2 Å². The van der Waals surface area contributed by atoms with Crippen LogP contribution in [0.2, 0.25) is 0 Å². The van der Waals surface area contributed by atoms with Gasteiger partial charge in [-0.15, -0.1) is 0 Å². The minimum atomic E-state index is -0.300. The number of hydrogen-bond acceptors (Lipinski definition) is 4. The van der Waals surface area contributed by atoms with Gasteiger partial charge in [-0.2, -0.15) is 5.10 Å². The van der Waals surface area contributed by atoms with E-state index in [1.807, 2.05) is 0 Å². The quantitative estimate of drug-likeness (QED) is 0.555. The smallest absolute Gasteiger partial charge is 0.276 e. The van der Waals surface area contributed by atoms with Gasteiger partial charge in [-0.3, -0.25) is 4.79 Å². The highest BCUT2D eigenvalue weighted by molar-refractivity contribution is 6.04. The molecule has 0 fully saturated rings. The number of anilines is 1. The second-order valence-electron chi connectivity index (χ2n) is 7.24. The number of hydrogen-bond donors (Lipinski definition) is 1. The maximum atomic E-state index is 13.3. The summed E-state index contributed by atoms with van der Waals surface area (Å²) in [5, 5.41) is 7.53. The molecule has 29 heavy (non-hydrogen) atoms. The van der Waals surface area contributed by atoms with E-state index in [-0.39, 0.29) is 11.7 Å². The molecule has 4 aromatic rings. The molecule has 146 valence electrons. The molecule has 2 aromatic carbocycles. The van der Waals surface area contributed by atoms with E-state index in [1.54, 1.807) is 41.9 Å². The summed E-state index contributed by atoms with van der Waals surface area (Å²) in [7, 11) is 0. The zero-order chi connectivity index (χ0) is 20.0. The summed E-state index contributed by atoms with van der Waals surface area (Å²) < 4.78 is 20.6. The van der Waals surface area contributed by atoms with E-state index < -0.39 is 0 Å². The molecule has 1 aliphatic carbocycles. The molecule has 6 nitrogen and oxygen atoms in total. The third-order valence-corrected chi connectivity index (χ3v) is 5.22. The molecule has 0 radical (unpaired) electrons. The number of oxazole rings is 1. The maximum Gasteiger partial charge on any atom is 0.276 e. The molecule has 1 aliphatic rings. The highest BCUT2D eigenvalue weighted by Gasteiger charge is 2.25. The number of aryl methyl sites for hydroxylation is 1. The Bertz CT molecular complexity index is 1220. The average molecular weight is 390 g/mol. The van der Waals surface area contributed by atoms with Crippen LogP contribution < -0.4 is 5.32 Å². The molecule has 0 spiro atoms. The zero-order valence-electron chi connectivity index (χ0n) is 15.9. The Morgan fingerprint density at radius 3 is 2.76 bits per heavy atom. The Morgan fingerprint density at radius 2 is 1.93 bits per heavy atom. The zero-order valence-corrected chi connectivity index (χ0v) is 15.9. The van der Waals surface area contributed by atoms with Gasteiger partial charge in [0.25, 0.3) is 5.91 Å². The van der Waals surface area contributed by atoms with Crippen LogP contribution in [0.4, 0.5) is 10.1 Å². The van der Waals surface area contributed by atoms with E-state index in [0.29, 0.717) is 28.4 Å². The molecule has 0 bridgehead atoms. The molecule has 2 heterocycles. The summed E-state index contributed by atoms with van der Waals surface area (Å²) in [5.41, 5.74) is 5.17. The predicted octanol–water partition coefficient (Wildman–Crippen LogP) is 4.59. The van der Waals surface area contributed by atoms with Crippen molar-refractivity contribution in [3.05, 3.63) is 71.1 Å². The number of nitrogens with one attached hydrogen (secondary N) is 1. The lowest BCUT2D eigenvalue weighted by atomic mass is 9.95. The molecular weight excluding hydrogens is 371 g/mol. The average Bonchev–Trinajstić information content (AvgIpc) is 3.28. The van der Waals surface area contributed by atoms with Crippen LogP contribution in [-0.2, 0) is 12.8 Å². The summed E-state index contributed by atoms with van der Waals surface area (Å²) in [6, 6.07) is 11.5. The van der Waals surface area contributed by atoms with Crippen molar-refractivity contribution in [1.82, 2.24) is 14.8 Å². The number of nitrogens with zero attached hydrogens (tertiary/aromatic N) is 3. The number of aromatic nitrogens is 3. The molecule has 1 amide bonds. The number of benzene rings is 2. The minimum Gasteiger partial charge on any atom is -0.441 e. The lowest BCUT2D eigenvalue weighted by Crippen LogP contribution is -2.15. The summed E-state index contributed by atoms with van der Waals surface area (Å²) >= 11 is 0. The van der Waals surface area contributed by atoms with Gasteiger partial charge in [0.2, 0.25) is 0 Å². The van der Waals surface area contributed by atoms with Crippen molar-refractivity contribution >= 4 is 22.7 Å². The standard InChI is InChI=1S/C22H19FN4O2/c1-13-24-18-12-15(8-11-20(18)29-13)25-22(28)21-17-4-2-3-5-19(17)27(26-21)16-9-6-14(23)7-10-16/h6-12H,2-5H2,1H3,(H,25,28). The van der Waals surface area contributed by atoms with Gasteiger partial charge >= 0.3 is 0 Å². The second kappa shape index (κ2) is 6.84. The van der Waals surface area contributed by atoms with Crippen molar-refractivity contribution in [2.24, 2.45) is 0 Å². The summed E-state index contributed by atoms with van der Waals surface area (Å²) in [6.45, 7) is 1.78. The molecule has 0 saturated heterocycles. The predicted molar refractivity (Wildman–Crippen MR) is 107 cm³/mol. The van der Waals surface area contributed by atoms with E-state index in [1.165, 1.54) is 12.1 Å². The fraction of sp³-hybridized carbons (Fsp3) is 0.227. The number of amides is 1. The van der Waals surface area contributed by atoms with Gasteiger partial charge in [0.1, 0.15) is 11.3 Å². The largest absolute Gasteiger partial charge is 0.441 e.